The summed E-state index contributed by atoms with van der Waals surface area (Å²) in [5, 5.41) is 2.82. The van der Waals surface area contributed by atoms with Crippen LogP contribution in [0.3, 0.4) is 0 Å². The molecule has 0 bridgehead atoms. The van der Waals surface area contributed by atoms with Crippen LogP contribution in [0.15, 0.2) is 40.9 Å². The van der Waals surface area contributed by atoms with Gasteiger partial charge in [0.2, 0.25) is 5.91 Å². The molecule has 0 saturated carbocycles. The number of halogens is 1. The van der Waals surface area contributed by atoms with E-state index in [1.54, 1.807) is 44.2 Å². The van der Waals surface area contributed by atoms with Gasteiger partial charge < -0.3 is 14.8 Å². The molecule has 1 aliphatic rings. The molecule has 0 atom stereocenters. The maximum atomic E-state index is 13.0. The summed E-state index contributed by atoms with van der Waals surface area (Å²) in [6.45, 7) is 4.45. The predicted octanol–water partition coefficient (Wildman–Crippen LogP) is 4.05. The minimum atomic E-state index is -0.209. The van der Waals surface area contributed by atoms with E-state index in [4.69, 9.17) is 9.47 Å². The molecule has 0 aliphatic carbocycles. The number of ether oxygens (including phenoxy) is 2. The maximum Gasteiger partial charge on any atom is 0.226 e. The monoisotopic (exact) mass is 403 g/mol. The minimum Gasteiger partial charge on any atom is -0.486 e. The van der Waals surface area contributed by atoms with Crippen LogP contribution in [0.2, 0.25) is 0 Å². The van der Waals surface area contributed by atoms with Gasteiger partial charge in [0.15, 0.2) is 17.3 Å². The van der Waals surface area contributed by atoms with Crippen molar-refractivity contribution in [3.05, 3.63) is 52.0 Å². The lowest BCUT2D eigenvalue weighted by atomic mass is 10.00. The molecule has 0 unspecified atom stereocenters. The third-order valence-electron chi connectivity index (χ3n) is 3.83. The number of nitrogens with one attached hydrogen (secondary N) is 1. The average Bonchev–Trinajstić information content (AvgIpc) is 2.61. The van der Waals surface area contributed by atoms with Gasteiger partial charge in [-0.15, -0.1) is 0 Å². The van der Waals surface area contributed by atoms with Gasteiger partial charge in [0.25, 0.3) is 0 Å². The summed E-state index contributed by atoms with van der Waals surface area (Å²) in [6.07, 6.45) is 0. The molecule has 1 heterocycles. The number of anilines is 1. The second-order valence-electron chi connectivity index (χ2n) is 5.99. The Labute approximate surface area is 154 Å². The van der Waals surface area contributed by atoms with Crippen molar-refractivity contribution in [1.29, 1.82) is 0 Å². The molecule has 25 heavy (non-hydrogen) atoms. The van der Waals surface area contributed by atoms with Gasteiger partial charge in [-0.05, 0) is 18.2 Å². The Morgan fingerprint density at radius 3 is 2.32 bits per heavy atom. The Kier molecular flexibility index (Phi) is 5.08. The third kappa shape index (κ3) is 3.69. The summed E-state index contributed by atoms with van der Waals surface area (Å²) < 4.78 is 11.9. The first kappa shape index (κ1) is 17.5. The summed E-state index contributed by atoms with van der Waals surface area (Å²) in [5.41, 5.74) is 1.30. The molecule has 0 fully saturated rings. The van der Waals surface area contributed by atoms with Crippen LogP contribution < -0.4 is 14.8 Å². The first-order valence-electron chi connectivity index (χ1n) is 8.01. The fourth-order valence-electron chi connectivity index (χ4n) is 2.45. The van der Waals surface area contributed by atoms with Crippen molar-refractivity contribution in [2.24, 2.45) is 5.92 Å². The van der Waals surface area contributed by atoms with Crippen LogP contribution in [0.1, 0.15) is 29.8 Å². The van der Waals surface area contributed by atoms with Crippen LogP contribution in [0.4, 0.5) is 5.69 Å². The van der Waals surface area contributed by atoms with Gasteiger partial charge in [0, 0.05) is 22.0 Å². The van der Waals surface area contributed by atoms with E-state index in [1.165, 1.54) is 0 Å². The summed E-state index contributed by atoms with van der Waals surface area (Å²) in [6, 6.07) is 10.5. The zero-order chi connectivity index (χ0) is 18.0. The zero-order valence-electron chi connectivity index (χ0n) is 14.0. The SMILES string of the molecule is CC(C)C(=O)Nc1cc2c(cc1C(=O)c1ccccc1Br)OCCO2. The lowest BCUT2D eigenvalue weighted by molar-refractivity contribution is -0.118. The molecule has 1 amide bonds. The van der Waals surface area contributed by atoms with Crippen LogP contribution >= 0.6 is 15.9 Å². The highest BCUT2D eigenvalue weighted by atomic mass is 79.9. The number of benzene rings is 2. The first-order valence-corrected chi connectivity index (χ1v) is 8.80. The van der Waals surface area contributed by atoms with Crippen LogP contribution in [0.25, 0.3) is 0 Å². The Hall–Kier alpha value is -2.34. The van der Waals surface area contributed by atoms with Crippen molar-refractivity contribution in [3.63, 3.8) is 0 Å². The summed E-state index contributed by atoms with van der Waals surface area (Å²) >= 11 is 3.40. The fraction of sp³-hybridized carbons (Fsp3) is 0.263. The molecule has 3 rings (SSSR count). The molecule has 130 valence electrons. The Balaban J connectivity index is 2.08. The van der Waals surface area contributed by atoms with Crippen molar-refractivity contribution in [2.75, 3.05) is 18.5 Å². The van der Waals surface area contributed by atoms with Crippen molar-refractivity contribution in [2.45, 2.75) is 13.8 Å². The third-order valence-corrected chi connectivity index (χ3v) is 4.52. The number of fused-ring (bicyclic) bond motifs is 1. The van der Waals surface area contributed by atoms with Crippen LogP contribution in [-0.2, 0) is 4.79 Å². The molecule has 2 aromatic rings. The molecule has 1 N–H and O–H groups in total. The lowest BCUT2D eigenvalue weighted by Gasteiger charge is -2.21. The predicted molar refractivity (Wildman–Crippen MR) is 98.5 cm³/mol. The van der Waals surface area contributed by atoms with Gasteiger partial charge in [-0.3, -0.25) is 9.59 Å². The first-order chi connectivity index (χ1) is 12.0. The van der Waals surface area contributed by atoms with E-state index in [0.717, 1.165) is 0 Å². The summed E-state index contributed by atoms with van der Waals surface area (Å²) in [4.78, 5) is 25.2. The minimum absolute atomic E-state index is 0.169. The molecule has 1 aliphatic heterocycles. The number of hydrogen-bond donors (Lipinski definition) is 1. The highest BCUT2D eigenvalue weighted by Gasteiger charge is 2.23. The topological polar surface area (TPSA) is 64.6 Å². The van der Waals surface area contributed by atoms with Crippen molar-refractivity contribution >= 4 is 33.3 Å². The van der Waals surface area contributed by atoms with Crippen molar-refractivity contribution in [1.82, 2.24) is 0 Å². The van der Waals surface area contributed by atoms with Gasteiger partial charge in [-0.25, -0.2) is 0 Å². The van der Waals surface area contributed by atoms with Crippen molar-refractivity contribution < 1.29 is 19.1 Å². The normalized spacial score (nSPS) is 12.8. The molecular formula is C19H18BrNO4. The standard InChI is InChI=1S/C19H18BrNO4/c1-11(2)19(23)21-15-10-17-16(24-7-8-25-17)9-13(15)18(22)12-5-3-4-6-14(12)20/h3-6,9-11H,7-8H2,1-2H3,(H,21,23). The van der Waals surface area contributed by atoms with E-state index < -0.39 is 0 Å². The van der Waals surface area contributed by atoms with E-state index in [1.807, 2.05) is 6.07 Å². The summed E-state index contributed by atoms with van der Waals surface area (Å²) in [7, 11) is 0. The van der Waals surface area contributed by atoms with Crippen molar-refractivity contribution in [3.8, 4) is 11.5 Å². The molecule has 5 nitrogen and oxygen atoms in total. The highest BCUT2D eigenvalue weighted by Crippen LogP contribution is 2.37. The van der Waals surface area contributed by atoms with E-state index in [-0.39, 0.29) is 17.6 Å². The second kappa shape index (κ2) is 7.27. The van der Waals surface area contributed by atoms with E-state index in [0.29, 0.717) is 46.0 Å². The molecule has 0 spiro atoms. The molecule has 0 aromatic heterocycles. The van der Waals surface area contributed by atoms with E-state index in [9.17, 15) is 9.59 Å². The fourth-order valence-corrected chi connectivity index (χ4v) is 2.91. The zero-order valence-corrected chi connectivity index (χ0v) is 15.6. The largest absolute Gasteiger partial charge is 0.486 e. The van der Waals surface area contributed by atoms with Crippen LogP contribution in [0.5, 0.6) is 11.5 Å². The Morgan fingerprint density at radius 1 is 1.04 bits per heavy atom. The molecular weight excluding hydrogens is 386 g/mol. The Bertz CT molecular complexity index is 832. The molecule has 0 radical (unpaired) electrons. The van der Waals surface area contributed by atoms with Gasteiger partial charge >= 0.3 is 0 Å². The number of hydrogen-bond acceptors (Lipinski definition) is 4. The maximum absolute atomic E-state index is 13.0. The van der Waals surface area contributed by atoms with Gasteiger partial charge in [-0.2, -0.15) is 0 Å². The summed E-state index contributed by atoms with van der Waals surface area (Å²) in [5.74, 6) is 0.444. The Morgan fingerprint density at radius 2 is 1.68 bits per heavy atom. The van der Waals surface area contributed by atoms with E-state index >= 15 is 0 Å². The quantitative estimate of drug-likeness (QED) is 0.782. The smallest absolute Gasteiger partial charge is 0.226 e. The number of carbonyl (C=O) groups is 2. The number of rotatable bonds is 4. The number of carbonyl (C=O) groups excluding carboxylic acids is 2. The second-order valence-corrected chi connectivity index (χ2v) is 6.85. The van der Waals surface area contributed by atoms with Gasteiger partial charge in [0.05, 0.1) is 11.3 Å². The van der Waals surface area contributed by atoms with Gasteiger partial charge in [0.1, 0.15) is 13.2 Å². The lowest BCUT2D eigenvalue weighted by Crippen LogP contribution is -2.21. The molecule has 6 heteroatoms. The van der Waals surface area contributed by atoms with Crippen LogP contribution in [0, 0.1) is 5.92 Å². The highest BCUT2D eigenvalue weighted by molar-refractivity contribution is 9.10. The molecule has 2 aromatic carbocycles. The van der Waals surface area contributed by atoms with E-state index in [2.05, 4.69) is 21.2 Å². The molecule has 0 saturated heterocycles. The van der Waals surface area contributed by atoms with Crippen LogP contribution in [-0.4, -0.2) is 24.9 Å². The van der Waals surface area contributed by atoms with Gasteiger partial charge in [-0.1, -0.05) is 41.9 Å². The number of ketones is 1. The average molecular weight is 404 g/mol. The number of amides is 1.